The molecule has 0 spiro atoms. The summed E-state index contributed by atoms with van der Waals surface area (Å²) in [4.78, 5) is 25.5. The molecule has 8 nitrogen and oxygen atoms in total. The van der Waals surface area contributed by atoms with Gasteiger partial charge in [-0.25, -0.2) is 19.7 Å². The minimum Gasteiger partial charge on any atom is -0.479 e. The molecule has 0 saturated carbocycles. The summed E-state index contributed by atoms with van der Waals surface area (Å²) in [6.07, 6.45) is 3.72. The Labute approximate surface area is 114 Å². The third-order valence-corrected chi connectivity index (χ3v) is 3.44. The molecule has 1 aliphatic rings. The molecule has 1 saturated heterocycles. The van der Waals surface area contributed by atoms with Crippen LogP contribution in [0.3, 0.4) is 0 Å². The van der Waals surface area contributed by atoms with Crippen molar-refractivity contribution in [3.8, 4) is 0 Å². The van der Waals surface area contributed by atoms with Gasteiger partial charge in [-0.2, -0.15) is 0 Å². The zero-order chi connectivity index (χ0) is 14.1. The number of hydrogen-bond donors (Lipinski definition) is 2. The van der Waals surface area contributed by atoms with Crippen LogP contribution in [-0.2, 0) is 11.3 Å². The summed E-state index contributed by atoms with van der Waals surface area (Å²) >= 11 is 0. The van der Waals surface area contributed by atoms with E-state index in [4.69, 9.17) is 5.11 Å². The number of carboxylic acid groups (broad SMARTS) is 1. The number of aliphatic carboxylic acids is 1. The zero-order valence-corrected chi connectivity index (χ0v) is 10.8. The average molecular weight is 277 g/mol. The summed E-state index contributed by atoms with van der Waals surface area (Å²) in [6, 6.07) is 0. The van der Waals surface area contributed by atoms with E-state index in [1.807, 2.05) is 0 Å². The summed E-state index contributed by atoms with van der Waals surface area (Å²) in [7, 11) is 0. The smallest absolute Gasteiger partial charge is 0.334 e. The van der Waals surface area contributed by atoms with E-state index in [1.54, 1.807) is 0 Å². The largest absolute Gasteiger partial charge is 0.479 e. The molecule has 2 aromatic rings. The summed E-state index contributed by atoms with van der Waals surface area (Å²) in [5.41, 5.74) is 1.19. The van der Waals surface area contributed by atoms with Gasteiger partial charge in [0, 0.05) is 13.1 Å². The van der Waals surface area contributed by atoms with E-state index in [2.05, 4.69) is 19.9 Å². The number of nitrogens with zero attached hydrogens (tertiary/aromatic N) is 5. The summed E-state index contributed by atoms with van der Waals surface area (Å²) in [6.45, 7) is 1.80. The van der Waals surface area contributed by atoms with Crippen LogP contribution in [0.1, 0.15) is 12.8 Å². The van der Waals surface area contributed by atoms with Gasteiger partial charge in [0.25, 0.3) is 0 Å². The lowest BCUT2D eigenvalue weighted by Crippen LogP contribution is -2.25. The number of aromatic nitrogens is 4. The van der Waals surface area contributed by atoms with Crippen molar-refractivity contribution in [1.29, 1.82) is 0 Å². The molecule has 1 atom stereocenters. The molecule has 2 aromatic heterocycles. The highest BCUT2D eigenvalue weighted by Crippen LogP contribution is 2.24. The number of aliphatic hydroxyl groups is 1. The molecular weight excluding hydrogens is 262 g/mol. The van der Waals surface area contributed by atoms with Gasteiger partial charge < -0.3 is 19.7 Å². The van der Waals surface area contributed by atoms with Crippen LogP contribution < -0.4 is 4.90 Å². The molecule has 20 heavy (non-hydrogen) atoms. The highest BCUT2D eigenvalue weighted by Gasteiger charge is 2.21. The lowest BCUT2D eigenvalue weighted by Gasteiger charge is -2.16. The molecule has 3 heterocycles. The molecule has 1 fully saturated rings. The normalized spacial score (nSPS) is 16.8. The summed E-state index contributed by atoms with van der Waals surface area (Å²) in [5.74, 6) is -0.489. The Morgan fingerprint density at radius 1 is 1.30 bits per heavy atom. The Bertz CT molecular complexity index is 635. The van der Waals surface area contributed by atoms with E-state index < -0.39 is 12.1 Å². The number of anilines is 1. The quantitative estimate of drug-likeness (QED) is 0.802. The highest BCUT2D eigenvalue weighted by molar-refractivity contribution is 5.83. The van der Waals surface area contributed by atoms with E-state index in [0.29, 0.717) is 11.2 Å². The van der Waals surface area contributed by atoms with Crippen molar-refractivity contribution < 1.29 is 15.0 Å². The molecule has 0 aromatic carbocycles. The number of rotatable bonds is 4. The summed E-state index contributed by atoms with van der Waals surface area (Å²) in [5, 5.41) is 18.2. The fourth-order valence-corrected chi connectivity index (χ4v) is 2.43. The first-order valence-electron chi connectivity index (χ1n) is 6.48. The Hall–Kier alpha value is -2.22. The maximum absolute atomic E-state index is 10.7. The molecule has 3 rings (SSSR count). The van der Waals surface area contributed by atoms with Crippen LogP contribution in [0.5, 0.6) is 0 Å². The second kappa shape index (κ2) is 5.04. The second-order valence-electron chi connectivity index (χ2n) is 4.81. The fraction of sp³-hybridized carbons (Fsp3) is 0.500. The lowest BCUT2D eigenvalue weighted by molar-refractivity contribution is -0.147. The van der Waals surface area contributed by atoms with Crippen LogP contribution in [0.2, 0.25) is 0 Å². The van der Waals surface area contributed by atoms with E-state index >= 15 is 0 Å². The van der Waals surface area contributed by atoms with E-state index in [1.165, 1.54) is 17.2 Å². The average Bonchev–Trinajstić information content (AvgIpc) is 3.08. The molecule has 0 radical (unpaired) electrons. The standard InChI is InChI=1S/C12H15N5O3/c18-8(12(19)20)5-17-7-15-9-10(13-6-14-11(9)17)16-3-1-2-4-16/h6-8,18H,1-5H2,(H,19,20)/t8-/m1/s1. The third-order valence-electron chi connectivity index (χ3n) is 3.44. The Morgan fingerprint density at radius 3 is 2.75 bits per heavy atom. The Kier molecular flexibility index (Phi) is 3.23. The maximum Gasteiger partial charge on any atom is 0.334 e. The van der Waals surface area contributed by atoms with E-state index in [0.717, 1.165) is 31.7 Å². The van der Waals surface area contributed by atoms with Crippen LogP contribution in [-0.4, -0.2) is 54.9 Å². The molecule has 8 heteroatoms. The van der Waals surface area contributed by atoms with Crippen molar-refractivity contribution >= 4 is 23.0 Å². The molecule has 0 amide bonds. The van der Waals surface area contributed by atoms with Gasteiger partial charge in [0.15, 0.2) is 23.1 Å². The second-order valence-corrected chi connectivity index (χ2v) is 4.81. The molecule has 2 N–H and O–H groups in total. The van der Waals surface area contributed by atoms with Gasteiger partial charge in [-0.1, -0.05) is 0 Å². The first-order chi connectivity index (χ1) is 9.66. The minimum atomic E-state index is -1.47. The predicted molar refractivity (Wildman–Crippen MR) is 70.4 cm³/mol. The van der Waals surface area contributed by atoms with Crippen molar-refractivity contribution in [3.05, 3.63) is 12.7 Å². The van der Waals surface area contributed by atoms with Crippen molar-refractivity contribution in [3.63, 3.8) is 0 Å². The Balaban J connectivity index is 1.96. The monoisotopic (exact) mass is 277 g/mol. The maximum atomic E-state index is 10.7. The third kappa shape index (κ3) is 2.18. The van der Waals surface area contributed by atoms with Crippen molar-refractivity contribution in [1.82, 2.24) is 19.5 Å². The fourth-order valence-electron chi connectivity index (χ4n) is 2.43. The molecule has 0 unspecified atom stereocenters. The molecule has 106 valence electrons. The van der Waals surface area contributed by atoms with Crippen molar-refractivity contribution in [2.75, 3.05) is 18.0 Å². The summed E-state index contributed by atoms with van der Waals surface area (Å²) < 4.78 is 1.54. The van der Waals surface area contributed by atoms with E-state index in [9.17, 15) is 9.90 Å². The molecule has 0 bridgehead atoms. The Morgan fingerprint density at radius 2 is 2.05 bits per heavy atom. The van der Waals surface area contributed by atoms with Gasteiger partial charge in [0.2, 0.25) is 0 Å². The van der Waals surface area contributed by atoms with Crippen molar-refractivity contribution in [2.24, 2.45) is 0 Å². The van der Waals surface area contributed by atoms with Gasteiger partial charge in [0.1, 0.15) is 6.33 Å². The number of hydrogen-bond acceptors (Lipinski definition) is 6. The number of carbonyl (C=O) groups is 1. The van der Waals surface area contributed by atoms with Gasteiger partial charge in [0.05, 0.1) is 12.9 Å². The first-order valence-corrected chi connectivity index (χ1v) is 6.48. The van der Waals surface area contributed by atoms with Crippen LogP contribution in [0.4, 0.5) is 5.82 Å². The van der Waals surface area contributed by atoms with Crippen LogP contribution in [0.15, 0.2) is 12.7 Å². The van der Waals surface area contributed by atoms with Crippen molar-refractivity contribution in [2.45, 2.75) is 25.5 Å². The van der Waals surface area contributed by atoms with Gasteiger partial charge in [-0.05, 0) is 12.8 Å². The van der Waals surface area contributed by atoms with Gasteiger partial charge in [-0.3, -0.25) is 0 Å². The number of aliphatic hydroxyl groups excluding tert-OH is 1. The lowest BCUT2D eigenvalue weighted by atomic mass is 10.3. The topological polar surface area (TPSA) is 104 Å². The number of imidazole rings is 1. The SMILES string of the molecule is O=C(O)[C@H](O)Cn1cnc2c(N3CCCC3)ncnc21. The molecular formula is C12H15N5O3. The van der Waals surface area contributed by atoms with Crippen LogP contribution in [0.25, 0.3) is 11.2 Å². The van der Waals surface area contributed by atoms with E-state index in [-0.39, 0.29) is 6.54 Å². The van der Waals surface area contributed by atoms with Crippen LogP contribution >= 0.6 is 0 Å². The van der Waals surface area contributed by atoms with Crippen LogP contribution in [0, 0.1) is 0 Å². The minimum absolute atomic E-state index is 0.0811. The number of carboxylic acids is 1. The molecule has 1 aliphatic heterocycles. The molecule has 0 aliphatic carbocycles. The van der Waals surface area contributed by atoms with Gasteiger partial charge >= 0.3 is 5.97 Å². The highest BCUT2D eigenvalue weighted by atomic mass is 16.4. The first kappa shape index (κ1) is 12.8. The zero-order valence-electron chi connectivity index (χ0n) is 10.8. The number of fused-ring (bicyclic) bond motifs is 1. The van der Waals surface area contributed by atoms with Gasteiger partial charge in [-0.15, -0.1) is 0 Å². The predicted octanol–water partition coefficient (Wildman–Crippen LogP) is -0.128.